The van der Waals surface area contributed by atoms with Crippen molar-refractivity contribution < 1.29 is 23.7 Å². The summed E-state index contributed by atoms with van der Waals surface area (Å²) in [5.41, 5.74) is 1.46. The van der Waals surface area contributed by atoms with Crippen LogP contribution in [0.1, 0.15) is 11.1 Å². The van der Waals surface area contributed by atoms with Gasteiger partial charge >= 0.3 is 0 Å². The number of hydrogen-bond acceptors (Lipinski definition) is 6. The summed E-state index contributed by atoms with van der Waals surface area (Å²) in [5, 5.41) is 0. The summed E-state index contributed by atoms with van der Waals surface area (Å²) in [6, 6.07) is 9.12. The monoisotopic (exact) mass is 444 g/mol. The minimum absolute atomic E-state index is 0.217. The van der Waals surface area contributed by atoms with Crippen molar-refractivity contribution in [2.24, 2.45) is 15.9 Å². The van der Waals surface area contributed by atoms with Gasteiger partial charge in [-0.25, -0.2) is 0 Å². The minimum Gasteiger partial charge on any atom is -0.493 e. The largest absolute Gasteiger partial charge is 0.493 e. The van der Waals surface area contributed by atoms with Crippen LogP contribution in [0.4, 0.5) is 0 Å². The summed E-state index contributed by atoms with van der Waals surface area (Å²) >= 11 is 3.44. The van der Waals surface area contributed by atoms with Gasteiger partial charge in [0.05, 0.1) is 26.9 Å². The first-order chi connectivity index (χ1) is 13.5. The third-order valence-corrected chi connectivity index (χ3v) is 5.13. The summed E-state index contributed by atoms with van der Waals surface area (Å²) in [6.07, 6.45) is 0.492. The topological polar surface area (TPSA) is 78.7 Å². The molecule has 2 aliphatic heterocycles. The number of nitrogens with zero attached hydrogens (tertiary/aromatic N) is 2. The molecule has 4 rings (SSSR count). The van der Waals surface area contributed by atoms with Crippen LogP contribution in [0, 0.1) is 5.92 Å². The lowest BCUT2D eigenvalue weighted by Gasteiger charge is -2.27. The van der Waals surface area contributed by atoms with Crippen molar-refractivity contribution in [3.63, 3.8) is 0 Å². The molecule has 0 saturated carbocycles. The van der Waals surface area contributed by atoms with E-state index in [0.29, 0.717) is 40.9 Å². The van der Waals surface area contributed by atoms with Crippen LogP contribution < -0.4 is 18.9 Å². The highest BCUT2D eigenvalue weighted by Gasteiger charge is 2.36. The van der Waals surface area contributed by atoms with Crippen molar-refractivity contribution >= 4 is 33.6 Å². The van der Waals surface area contributed by atoms with Crippen molar-refractivity contribution in [1.29, 1.82) is 0 Å². The van der Waals surface area contributed by atoms with Gasteiger partial charge in [-0.2, -0.15) is 9.98 Å². The molecule has 0 aromatic heterocycles. The standard InChI is InChI=1S/C20H17BrN2O5/c1-25-15-7-5-12(16(26-2)17(15)27-3)18-22-19(24)13-9-10-8-11(21)4-6-14(10)28-20(13)23-18/h4-8,13H,9H2,1-3H3. The Morgan fingerprint density at radius 3 is 2.54 bits per heavy atom. The molecule has 0 spiro atoms. The molecule has 1 amide bonds. The maximum Gasteiger partial charge on any atom is 0.260 e. The lowest BCUT2D eigenvalue weighted by Crippen LogP contribution is -2.37. The lowest BCUT2D eigenvalue weighted by atomic mass is 9.94. The maximum absolute atomic E-state index is 12.7. The predicted molar refractivity (Wildman–Crippen MR) is 107 cm³/mol. The molecule has 7 nitrogen and oxygen atoms in total. The second-order valence-corrected chi connectivity index (χ2v) is 7.13. The fourth-order valence-corrected chi connectivity index (χ4v) is 3.71. The van der Waals surface area contributed by atoms with Crippen molar-refractivity contribution in [2.45, 2.75) is 6.42 Å². The normalized spacial score (nSPS) is 17.6. The number of carbonyl (C=O) groups excluding carboxylic acids is 1. The van der Waals surface area contributed by atoms with Crippen LogP contribution in [0.2, 0.25) is 0 Å². The molecule has 2 heterocycles. The molecule has 0 saturated heterocycles. The molecule has 8 heteroatoms. The fourth-order valence-electron chi connectivity index (χ4n) is 3.30. The second-order valence-electron chi connectivity index (χ2n) is 6.22. The van der Waals surface area contributed by atoms with Gasteiger partial charge in [-0.05, 0) is 42.3 Å². The number of amidine groups is 1. The number of halogens is 1. The molecule has 0 radical (unpaired) electrons. The van der Waals surface area contributed by atoms with Gasteiger partial charge < -0.3 is 18.9 Å². The third kappa shape index (κ3) is 3.03. The van der Waals surface area contributed by atoms with E-state index in [1.165, 1.54) is 21.3 Å². The van der Waals surface area contributed by atoms with Crippen LogP contribution in [0.15, 0.2) is 44.8 Å². The van der Waals surface area contributed by atoms with Crippen LogP contribution in [0.25, 0.3) is 0 Å². The Hall–Kier alpha value is -2.87. The smallest absolute Gasteiger partial charge is 0.260 e. The zero-order valence-electron chi connectivity index (χ0n) is 15.5. The van der Waals surface area contributed by atoms with Crippen LogP contribution in [-0.2, 0) is 11.2 Å². The molecule has 28 heavy (non-hydrogen) atoms. The van der Waals surface area contributed by atoms with E-state index in [4.69, 9.17) is 18.9 Å². The third-order valence-electron chi connectivity index (χ3n) is 4.63. The summed E-state index contributed by atoms with van der Waals surface area (Å²) in [5.74, 6) is 1.70. The fraction of sp³-hybridized carbons (Fsp3) is 0.250. The van der Waals surface area contributed by atoms with E-state index in [9.17, 15) is 4.79 Å². The SMILES string of the molecule is COc1ccc(C2=NC(=O)C3Cc4cc(Br)ccc4OC3=N2)c(OC)c1OC. The van der Waals surface area contributed by atoms with Gasteiger partial charge in [0.15, 0.2) is 17.3 Å². The van der Waals surface area contributed by atoms with E-state index in [-0.39, 0.29) is 11.7 Å². The number of aliphatic imine (C=N–C) groups is 2. The number of methoxy groups -OCH3 is 3. The average molecular weight is 445 g/mol. The molecule has 0 fully saturated rings. The van der Waals surface area contributed by atoms with E-state index in [2.05, 4.69) is 25.9 Å². The molecule has 2 aromatic rings. The Balaban J connectivity index is 1.78. The minimum atomic E-state index is -0.531. The van der Waals surface area contributed by atoms with E-state index in [1.54, 1.807) is 12.1 Å². The van der Waals surface area contributed by atoms with Gasteiger partial charge in [-0.1, -0.05) is 15.9 Å². The van der Waals surface area contributed by atoms with Gasteiger partial charge in [0.25, 0.3) is 5.91 Å². The van der Waals surface area contributed by atoms with Crippen molar-refractivity contribution in [3.05, 3.63) is 45.9 Å². The Morgan fingerprint density at radius 1 is 1.04 bits per heavy atom. The zero-order chi connectivity index (χ0) is 19.8. The van der Waals surface area contributed by atoms with Crippen molar-refractivity contribution in [2.75, 3.05) is 21.3 Å². The van der Waals surface area contributed by atoms with Gasteiger partial charge in [-0.15, -0.1) is 0 Å². The molecule has 2 aromatic carbocycles. The predicted octanol–water partition coefficient (Wildman–Crippen LogP) is 3.41. The quantitative estimate of drug-likeness (QED) is 0.721. The van der Waals surface area contributed by atoms with Gasteiger partial charge in [0.1, 0.15) is 11.7 Å². The van der Waals surface area contributed by atoms with E-state index < -0.39 is 5.92 Å². The molecule has 0 N–H and O–H groups in total. The molecular formula is C20H17BrN2O5. The Labute approximate surface area is 170 Å². The number of carbonyl (C=O) groups is 1. The highest BCUT2D eigenvalue weighted by Crippen LogP contribution is 2.41. The first kappa shape index (κ1) is 18.5. The lowest BCUT2D eigenvalue weighted by molar-refractivity contribution is -0.120. The number of fused-ring (bicyclic) bond motifs is 2. The molecular weight excluding hydrogens is 428 g/mol. The first-order valence-corrected chi connectivity index (χ1v) is 9.31. The van der Waals surface area contributed by atoms with Gasteiger partial charge in [0.2, 0.25) is 11.6 Å². The van der Waals surface area contributed by atoms with Gasteiger partial charge in [0, 0.05) is 4.47 Å². The molecule has 0 aliphatic carbocycles. The van der Waals surface area contributed by atoms with Crippen LogP contribution in [0.3, 0.4) is 0 Å². The van der Waals surface area contributed by atoms with Crippen molar-refractivity contribution in [3.8, 4) is 23.0 Å². The van der Waals surface area contributed by atoms with E-state index >= 15 is 0 Å². The molecule has 144 valence electrons. The summed E-state index contributed by atoms with van der Waals surface area (Å²) in [7, 11) is 4.56. The van der Waals surface area contributed by atoms with Crippen molar-refractivity contribution in [1.82, 2.24) is 0 Å². The molecule has 1 unspecified atom stereocenters. The van der Waals surface area contributed by atoms with Crippen LogP contribution in [0.5, 0.6) is 23.0 Å². The second kappa shape index (κ2) is 7.27. The molecule has 1 atom stereocenters. The van der Waals surface area contributed by atoms with Crippen LogP contribution >= 0.6 is 15.9 Å². The van der Waals surface area contributed by atoms with E-state index in [0.717, 1.165) is 10.0 Å². The average Bonchev–Trinajstić information content (AvgIpc) is 2.71. The first-order valence-electron chi connectivity index (χ1n) is 8.52. The number of hydrogen-bond donors (Lipinski definition) is 0. The maximum atomic E-state index is 12.7. The number of benzene rings is 2. The van der Waals surface area contributed by atoms with Crippen LogP contribution in [-0.4, -0.2) is 39.0 Å². The van der Waals surface area contributed by atoms with Gasteiger partial charge in [-0.3, -0.25) is 4.79 Å². The molecule has 2 aliphatic rings. The number of rotatable bonds is 4. The molecule has 0 bridgehead atoms. The Bertz CT molecular complexity index is 1030. The number of ether oxygens (including phenoxy) is 4. The Morgan fingerprint density at radius 2 is 1.82 bits per heavy atom. The highest BCUT2D eigenvalue weighted by molar-refractivity contribution is 9.10. The highest BCUT2D eigenvalue weighted by atomic mass is 79.9. The zero-order valence-corrected chi connectivity index (χ0v) is 17.1. The number of amides is 1. The summed E-state index contributed by atoms with van der Waals surface area (Å²) in [4.78, 5) is 21.4. The Kier molecular flexibility index (Phi) is 4.80. The van der Waals surface area contributed by atoms with E-state index in [1.807, 2.05) is 18.2 Å². The summed E-state index contributed by atoms with van der Waals surface area (Å²) < 4.78 is 23.0. The summed E-state index contributed by atoms with van der Waals surface area (Å²) in [6.45, 7) is 0.